The van der Waals surface area contributed by atoms with Crippen LogP contribution in [-0.2, 0) is 24.2 Å². The third-order valence-electron chi connectivity index (χ3n) is 4.97. The van der Waals surface area contributed by atoms with Crippen molar-refractivity contribution in [2.75, 3.05) is 6.54 Å². The summed E-state index contributed by atoms with van der Waals surface area (Å²) in [6.07, 6.45) is 10.4. The fraction of sp³-hybridized carbons (Fsp3) is 0.750. The van der Waals surface area contributed by atoms with Crippen molar-refractivity contribution in [3.05, 3.63) is 17.7 Å². The molecule has 5 heteroatoms. The summed E-state index contributed by atoms with van der Waals surface area (Å²) >= 11 is 0. The topological polar surface area (TPSA) is 67.2 Å². The predicted molar refractivity (Wildman–Crippen MR) is 80.3 cm³/mol. The van der Waals surface area contributed by atoms with Crippen LogP contribution < -0.4 is 5.32 Å². The molecule has 0 saturated heterocycles. The van der Waals surface area contributed by atoms with Crippen molar-refractivity contribution >= 4 is 5.97 Å². The van der Waals surface area contributed by atoms with Gasteiger partial charge in [-0.2, -0.15) is 0 Å². The summed E-state index contributed by atoms with van der Waals surface area (Å²) in [5.41, 5.74) is 2.72. The third kappa shape index (κ3) is 3.46. The van der Waals surface area contributed by atoms with Crippen LogP contribution in [0.5, 0.6) is 0 Å². The second-order valence-electron chi connectivity index (χ2n) is 6.38. The summed E-state index contributed by atoms with van der Waals surface area (Å²) in [4.78, 5) is 15.5. The number of aromatic nitrogens is 2. The Morgan fingerprint density at radius 1 is 1.29 bits per heavy atom. The molecule has 1 aromatic heterocycles. The summed E-state index contributed by atoms with van der Waals surface area (Å²) in [5.74, 6) is -0.748. The van der Waals surface area contributed by atoms with E-state index in [9.17, 15) is 4.79 Å². The lowest BCUT2D eigenvalue weighted by Crippen LogP contribution is -2.36. The van der Waals surface area contributed by atoms with Crippen LogP contribution >= 0.6 is 0 Å². The minimum absolute atomic E-state index is 0.122. The van der Waals surface area contributed by atoms with Gasteiger partial charge in [0.25, 0.3) is 0 Å². The van der Waals surface area contributed by atoms with Crippen LogP contribution in [0.2, 0.25) is 0 Å². The number of aliphatic carboxylic acids is 1. The lowest BCUT2D eigenvalue weighted by molar-refractivity contribution is -0.142. The molecule has 0 atom stereocenters. The number of nitrogens with one attached hydrogen (secondary N) is 1. The van der Waals surface area contributed by atoms with Gasteiger partial charge in [-0.3, -0.25) is 4.79 Å². The molecule has 2 aliphatic carbocycles. The Morgan fingerprint density at radius 2 is 2.05 bits per heavy atom. The van der Waals surface area contributed by atoms with E-state index in [0.29, 0.717) is 6.04 Å². The average molecular weight is 291 g/mol. The zero-order valence-electron chi connectivity index (χ0n) is 12.6. The van der Waals surface area contributed by atoms with Gasteiger partial charge < -0.3 is 15.0 Å². The van der Waals surface area contributed by atoms with E-state index in [4.69, 9.17) is 5.11 Å². The number of hydrogen-bond acceptors (Lipinski definition) is 3. The highest BCUT2D eigenvalue weighted by Crippen LogP contribution is 2.24. The van der Waals surface area contributed by atoms with Crippen molar-refractivity contribution < 1.29 is 9.90 Å². The van der Waals surface area contributed by atoms with E-state index in [0.717, 1.165) is 45.2 Å². The van der Waals surface area contributed by atoms with Gasteiger partial charge in [0.05, 0.1) is 17.9 Å². The normalized spacial score (nSPS) is 25.5. The number of nitrogens with zero attached hydrogens (tertiary/aromatic N) is 2. The van der Waals surface area contributed by atoms with Crippen molar-refractivity contribution in [2.24, 2.45) is 5.92 Å². The number of rotatable bonds is 5. The van der Waals surface area contributed by atoms with Crippen molar-refractivity contribution in [3.8, 4) is 0 Å². The highest BCUT2D eigenvalue weighted by molar-refractivity contribution is 5.70. The largest absolute Gasteiger partial charge is 0.481 e. The van der Waals surface area contributed by atoms with Crippen LogP contribution in [0.25, 0.3) is 0 Å². The van der Waals surface area contributed by atoms with Gasteiger partial charge in [-0.1, -0.05) is 0 Å². The third-order valence-corrected chi connectivity index (χ3v) is 4.97. The van der Waals surface area contributed by atoms with E-state index in [1.807, 2.05) is 6.33 Å². The molecule has 1 saturated carbocycles. The van der Waals surface area contributed by atoms with E-state index in [-0.39, 0.29) is 5.92 Å². The smallest absolute Gasteiger partial charge is 0.306 e. The van der Waals surface area contributed by atoms with Gasteiger partial charge in [-0.15, -0.1) is 0 Å². The van der Waals surface area contributed by atoms with Crippen molar-refractivity contribution in [1.82, 2.24) is 14.9 Å². The summed E-state index contributed by atoms with van der Waals surface area (Å²) in [5, 5.41) is 12.6. The number of imidazole rings is 1. The molecule has 0 unspecified atom stereocenters. The van der Waals surface area contributed by atoms with Gasteiger partial charge >= 0.3 is 5.97 Å². The molecule has 0 amide bonds. The van der Waals surface area contributed by atoms with Crippen LogP contribution in [0.1, 0.15) is 49.9 Å². The summed E-state index contributed by atoms with van der Waals surface area (Å²) in [6, 6.07) is 0.486. The van der Waals surface area contributed by atoms with E-state index in [2.05, 4.69) is 14.9 Å². The van der Waals surface area contributed by atoms with Crippen LogP contribution in [0.3, 0.4) is 0 Å². The van der Waals surface area contributed by atoms with Crippen molar-refractivity contribution in [2.45, 2.75) is 64.0 Å². The highest BCUT2D eigenvalue weighted by atomic mass is 16.4. The highest BCUT2D eigenvalue weighted by Gasteiger charge is 2.25. The molecule has 2 aliphatic rings. The van der Waals surface area contributed by atoms with E-state index in [1.54, 1.807) is 0 Å². The predicted octanol–water partition coefficient (Wildman–Crippen LogP) is 1.99. The standard InChI is InChI=1S/C16H25N3O2/c20-16(21)12-5-7-13(8-6-12)17-9-10-19-11-18-14-3-1-2-4-15(14)19/h11-13,17H,1-10H2,(H,20,21). The molecule has 0 radical (unpaired) electrons. The van der Waals surface area contributed by atoms with Crippen molar-refractivity contribution in [3.63, 3.8) is 0 Å². The maximum absolute atomic E-state index is 10.9. The lowest BCUT2D eigenvalue weighted by atomic mass is 9.86. The van der Waals surface area contributed by atoms with E-state index < -0.39 is 5.97 Å². The lowest BCUT2D eigenvalue weighted by Gasteiger charge is -2.27. The van der Waals surface area contributed by atoms with Crippen LogP contribution in [0, 0.1) is 5.92 Å². The van der Waals surface area contributed by atoms with Gasteiger partial charge in [0.2, 0.25) is 0 Å². The first-order chi connectivity index (χ1) is 10.2. The van der Waals surface area contributed by atoms with Gasteiger partial charge in [-0.05, 0) is 51.4 Å². The first kappa shape index (κ1) is 14.6. The molecule has 0 bridgehead atoms. The summed E-state index contributed by atoms with van der Waals surface area (Å²) in [6.45, 7) is 1.92. The van der Waals surface area contributed by atoms with Crippen LogP contribution in [-0.4, -0.2) is 33.2 Å². The van der Waals surface area contributed by atoms with Crippen LogP contribution in [0.4, 0.5) is 0 Å². The molecule has 1 fully saturated rings. The second kappa shape index (κ2) is 6.60. The molecule has 116 valence electrons. The molecule has 2 N–H and O–H groups in total. The van der Waals surface area contributed by atoms with Gasteiger partial charge in [0, 0.05) is 24.8 Å². The molecule has 0 spiro atoms. The molecule has 0 aliphatic heterocycles. The number of carbonyl (C=O) groups is 1. The molecule has 3 rings (SSSR count). The first-order valence-electron chi connectivity index (χ1n) is 8.23. The fourth-order valence-corrected chi connectivity index (χ4v) is 3.66. The summed E-state index contributed by atoms with van der Waals surface area (Å²) < 4.78 is 2.30. The Morgan fingerprint density at radius 3 is 2.81 bits per heavy atom. The number of carboxylic acid groups (broad SMARTS) is 1. The van der Waals surface area contributed by atoms with E-state index in [1.165, 1.54) is 30.7 Å². The average Bonchev–Trinajstić information content (AvgIpc) is 2.91. The minimum Gasteiger partial charge on any atom is -0.481 e. The zero-order chi connectivity index (χ0) is 14.7. The Bertz CT molecular complexity index is 490. The maximum atomic E-state index is 10.9. The zero-order valence-corrected chi connectivity index (χ0v) is 12.6. The second-order valence-corrected chi connectivity index (χ2v) is 6.38. The Balaban J connectivity index is 1.43. The van der Waals surface area contributed by atoms with Crippen LogP contribution in [0.15, 0.2) is 6.33 Å². The Labute approximate surface area is 125 Å². The molecular weight excluding hydrogens is 266 g/mol. The number of fused-ring (bicyclic) bond motifs is 1. The van der Waals surface area contributed by atoms with E-state index >= 15 is 0 Å². The van der Waals surface area contributed by atoms with Gasteiger partial charge in [-0.25, -0.2) is 4.98 Å². The molecule has 0 aromatic carbocycles. The molecule has 5 nitrogen and oxygen atoms in total. The Kier molecular flexibility index (Phi) is 4.58. The molecule has 21 heavy (non-hydrogen) atoms. The SMILES string of the molecule is O=C(O)C1CCC(NCCn2cnc3c2CCCC3)CC1. The molecule has 1 aromatic rings. The quantitative estimate of drug-likeness (QED) is 0.870. The van der Waals surface area contributed by atoms with Gasteiger partial charge in [0.1, 0.15) is 0 Å². The molecule has 1 heterocycles. The Hall–Kier alpha value is -1.36. The van der Waals surface area contributed by atoms with Gasteiger partial charge in [0.15, 0.2) is 0 Å². The number of aryl methyl sites for hydroxylation is 1. The minimum atomic E-state index is -0.626. The number of hydrogen-bond donors (Lipinski definition) is 2. The fourth-order valence-electron chi connectivity index (χ4n) is 3.66. The van der Waals surface area contributed by atoms with Crippen molar-refractivity contribution in [1.29, 1.82) is 0 Å². The monoisotopic (exact) mass is 291 g/mol. The number of carboxylic acids is 1. The first-order valence-corrected chi connectivity index (χ1v) is 8.23. The maximum Gasteiger partial charge on any atom is 0.306 e. The summed E-state index contributed by atoms with van der Waals surface area (Å²) in [7, 11) is 0. The molecular formula is C16H25N3O2.